The number of aliphatic hydroxyl groups excluding tert-OH is 1. The van der Waals surface area contributed by atoms with Gasteiger partial charge in [-0.3, -0.25) is 0 Å². The monoisotopic (exact) mass is 136 g/mol. The maximum absolute atomic E-state index is 8.29. The third kappa shape index (κ3) is 3.36. The molecule has 3 heteroatoms. The highest BCUT2D eigenvalue weighted by Gasteiger charge is 1.99. The molecule has 0 aliphatic heterocycles. The zero-order valence-electron chi connectivity index (χ0n) is 5.42. The first kappa shape index (κ1) is 8.35. The van der Waals surface area contributed by atoms with Crippen LogP contribution in [-0.4, -0.2) is 24.2 Å². The lowest BCUT2D eigenvalue weighted by molar-refractivity contribution is 0.111. The second-order valence-corrected chi connectivity index (χ2v) is 3.86. The fraction of sp³-hybridized carbons (Fsp3) is 1.00. The Labute approximate surface area is 51.7 Å². The molecule has 0 saturated heterocycles. The van der Waals surface area contributed by atoms with Crippen LogP contribution < -0.4 is 0 Å². The summed E-state index contributed by atoms with van der Waals surface area (Å²) in [5.74, 6) is 0. The largest absolute Gasteiger partial charge is 0.370 e. The van der Waals surface area contributed by atoms with Gasteiger partial charge < -0.3 is 9.63 Å². The minimum absolute atomic E-state index is 0.118. The molecule has 0 bridgehead atoms. The molecule has 0 saturated carbocycles. The molecule has 0 amide bonds. The summed E-state index contributed by atoms with van der Waals surface area (Å²) < 4.78 is 4.96. The Hall–Kier alpha value is 0.350. The van der Waals surface area contributed by atoms with E-state index in [1.807, 2.05) is 0 Å². The van der Waals surface area contributed by atoms with Gasteiger partial charge in [0.1, 0.15) is 6.79 Å². The van der Waals surface area contributed by atoms with E-state index in [2.05, 4.69) is 13.8 Å². The van der Waals surface area contributed by atoms with Gasteiger partial charge in [-0.05, 0) is 12.3 Å². The van der Waals surface area contributed by atoms with Crippen molar-refractivity contribution < 1.29 is 9.63 Å². The smallest absolute Gasteiger partial charge is 0.147 e. The molecular formula is C5H13O2P. The molecule has 0 spiro atoms. The average molecular weight is 136 g/mol. The van der Waals surface area contributed by atoms with Gasteiger partial charge in [0.2, 0.25) is 0 Å². The molecule has 0 atom stereocenters. The van der Waals surface area contributed by atoms with E-state index in [-0.39, 0.29) is 14.9 Å². The van der Waals surface area contributed by atoms with E-state index in [1.54, 1.807) is 0 Å². The van der Waals surface area contributed by atoms with Crippen molar-refractivity contribution in [2.24, 2.45) is 0 Å². The van der Waals surface area contributed by atoms with Crippen LogP contribution in [0.25, 0.3) is 0 Å². The summed E-state index contributed by atoms with van der Waals surface area (Å²) >= 11 is 0. The van der Waals surface area contributed by atoms with Crippen LogP contribution in [-0.2, 0) is 4.52 Å². The van der Waals surface area contributed by atoms with Crippen molar-refractivity contribution in [3.05, 3.63) is 0 Å². The molecular weight excluding hydrogens is 123 g/mol. The molecule has 0 unspecified atom stereocenters. The van der Waals surface area contributed by atoms with Crippen molar-refractivity contribution in [2.45, 2.75) is 13.8 Å². The number of hydrogen-bond acceptors (Lipinski definition) is 2. The standard InChI is InChI=1S/C5H13O2P/c1-3-8(4-2)7-5-6/h6H,3-5H2,1-2H3. The molecule has 0 rings (SSSR count). The van der Waals surface area contributed by atoms with Gasteiger partial charge in [0.25, 0.3) is 0 Å². The summed E-state index contributed by atoms with van der Waals surface area (Å²) in [7, 11) is -0.306. The molecule has 0 aromatic rings. The normalized spacial score (nSPS) is 10.5. The SMILES string of the molecule is CCP(CC)OCO. The zero-order valence-corrected chi connectivity index (χ0v) is 6.32. The van der Waals surface area contributed by atoms with Crippen molar-refractivity contribution in [3.63, 3.8) is 0 Å². The van der Waals surface area contributed by atoms with E-state index in [1.165, 1.54) is 0 Å². The average Bonchev–Trinajstić information content (AvgIpc) is 1.83. The molecule has 0 radical (unpaired) electrons. The van der Waals surface area contributed by atoms with Crippen LogP contribution in [0.5, 0.6) is 0 Å². The van der Waals surface area contributed by atoms with Crippen molar-refractivity contribution in [1.29, 1.82) is 0 Å². The van der Waals surface area contributed by atoms with Gasteiger partial charge >= 0.3 is 0 Å². The first-order valence-corrected chi connectivity index (χ1v) is 4.46. The molecule has 8 heavy (non-hydrogen) atoms. The van der Waals surface area contributed by atoms with E-state index in [0.717, 1.165) is 12.3 Å². The minimum atomic E-state index is -0.306. The van der Waals surface area contributed by atoms with Crippen molar-refractivity contribution in [2.75, 3.05) is 19.1 Å². The summed E-state index contributed by atoms with van der Waals surface area (Å²) in [6, 6.07) is 0. The van der Waals surface area contributed by atoms with Crippen LogP contribution in [0.3, 0.4) is 0 Å². The van der Waals surface area contributed by atoms with Crippen LogP contribution in [0.1, 0.15) is 13.8 Å². The summed E-state index contributed by atoms with van der Waals surface area (Å²) in [6.07, 6.45) is 2.10. The highest BCUT2D eigenvalue weighted by molar-refractivity contribution is 7.52. The topological polar surface area (TPSA) is 29.5 Å². The van der Waals surface area contributed by atoms with Gasteiger partial charge in [-0.25, -0.2) is 0 Å². The molecule has 2 nitrogen and oxygen atoms in total. The van der Waals surface area contributed by atoms with Gasteiger partial charge in [-0.2, -0.15) is 0 Å². The molecule has 0 aromatic carbocycles. The first-order valence-electron chi connectivity index (χ1n) is 2.83. The Balaban J connectivity index is 3.07. The van der Waals surface area contributed by atoms with Gasteiger partial charge in [0, 0.05) is 8.15 Å². The second kappa shape index (κ2) is 5.49. The number of rotatable bonds is 4. The Morgan fingerprint density at radius 1 is 1.38 bits per heavy atom. The van der Waals surface area contributed by atoms with E-state index in [4.69, 9.17) is 9.63 Å². The summed E-state index contributed by atoms with van der Waals surface area (Å²) in [5, 5.41) is 8.29. The summed E-state index contributed by atoms with van der Waals surface area (Å²) in [6.45, 7) is 4.03. The number of aliphatic hydroxyl groups is 1. The second-order valence-electron chi connectivity index (χ2n) is 1.37. The summed E-state index contributed by atoms with van der Waals surface area (Å²) in [5.41, 5.74) is 0. The van der Waals surface area contributed by atoms with Crippen LogP contribution in [0.4, 0.5) is 0 Å². The predicted octanol–water partition coefficient (Wildman–Crippen LogP) is 1.39. The van der Waals surface area contributed by atoms with Gasteiger partial charge in [-0.1, -0.05) is 13.8 Å². The third-order valence-corrected chi connectivity index (χ3v) is 2.84. The fourth-order valence-electron chi connectivity index (χ4n) is 0.488. The lowest BCUT2D eigenvalue weighted by Crippen LogP contribution is -1.90. The van der Waals surface area contributed by atoms with E-state index in [9.17, 15) is 0 Å². The Kier molecular flexibility index (Phi) is 5.73. The molecule has 50 valence electrons. The molecule has 0 aromatic heterocycles. The van der Waals surface area contributed by atoms with Crippen LogP contribution >= 0.6 is 8.15 Å². The molecule has 0 aliphatic rings. The fourth-order valence-corrected chi connectivity index (χ4v) is 1.46. The van der Waals surface area contributed by atoms with Crippen molar-refractivity contribution in [3.8, 4) is 0 Å². The maximum atomic E-state index is 8.29. The van der Waals surface area contributed by atoms with Crippen molar-refractivity contribution >= 4 is 8.15 Å². The highest BCUT2D eigenvalue weighted by atomic mass is 31.1. The van der Waals surface area contributed by atoms with E-state index in [0.29, 0.717) is 0 Å². The van der Waals surface area contributed by atoms with Gasteiger partial charge in [0.15, 0.2) is 0 Å². The van der Waals surface area contributed by atoms with Crippen LogP contribution in [0, 0.1) is 0 Å². The molecule has 1 N–H and O–H groups in total. The zero-order chi connectivity index (χ0) is 6.41. The van der Waals surface area contributed by atoms with Crippen LogP contribution in [0.15, 0.2) is 0 Å². The van der Waals surface area contributed by atoms with Crippen LogP contribution in [0.2, 0.25) is 0 Å². The van der Waals surface area contributed by atoms with Gasteiger partial charge in [-0.15, -0.1) is 0 Å². The van der Waals surface area contributed by atoms with Gasteiger partial charge in [0.05, 0.1) is 0 Å². The summed E-state index contributed by atoms with van der Waals surface area (Å²) in [4.78, 5) is 0. The molecule has 0 fully saturated rings. The maximum Gasteiger partial charge on any atom is 0.147 e. The Morgan fingerprint density at radius 2 is 1.88 bits per heavy atom. The minimum Gasteiger partial charge on any atom is -0.370 e. The Bertz CT molecular complexity index is 45.7. The first-order chi connectivity index (χ1) is 3.85. The quantitative estimate of drug-likeness (QED) is 0.467. The third-order valence-electron chi connectivity index (χ3n) is 0.946. The Morgan fingerprint density at radius 3 is 2.00 bits per heavy atom. The van der Waals surface area contributed by atoms with E-state index < -0.39 is 0 Å². The lowest BCUT2D eigenvalue weighted by Gasteiger charge is -2.09. The number of hydrogen-bond donors (Lipinski definition) is 1. The lowest BCUT2D eigenvalue weighted by atomic mass is 11.0. The predicted molar refractivity (Wildman–Crippen MR) is 36.2 cm³/mol. The molecule has 0 aliphatic carbocycles. The van der Waals surface area contributed by atoms with Crippen molar-refractivity contribution in [1.82, 2.24) is 0 Å². The van der Waals surface area contributed by atoms with E-state index >= 15 is 0 Å². The molecule has 0 heterocycles. The highest BCUT2D eigenvalue weighted by Crippen LogP contribution is 2.34.